The van der Waals surface area contributed by atoms with Crippen LogP contribution in [0.4, 0.5) is 0 Å². The van der Waals surface area contributed by atoms with E-state index in [4.69, 9.17) is 14.5 Å². The lowest BCUT2D eigenvalue weighted by Gasteiger charge is -2.40. The van der Waals surface area contributed by atoms with E-state index in [1.54, 1.807) is 6.20 Å². The molecular weight excluding hydrogens is 380 g/mol. The zero-order chi connectivity index (χ0) is 20.1. The number of carbonyl (C=O) groups excluding carboxylic acids is 1. The Balaban J connectivity index is 1.40. The minimum Gasteiger partial charge on any atom is -0.454 e. The van der Waals surface area contributed by atoms with Gasteiger partial charge in [-0.1, -0.05) is 19.3 Å². The quantitative estimate of drug-likeness (QED) is 0.680. The SMILES string of the molecule is O=C1NCC2(CCCCC2)c2[nH]c(-c3ccnc(-c4ccc5c(c4)OCO5)n3)cc21. The number of hydrogen-bond donors (Lipinski definition) is 2. The van der Waals surface area contributed by atoms with Crippen LogP contribution < -0.4 is 14.8 Å². The lowest BCUT2D eigenvalue weighted by molar-refractivity contribution is 0.0911. The maximum absolute atomic E-state index is 12.6. The number of hydrogen-bond acceptors (Lipinski definition) is 5. The molecule has 1 saturated carbocycles. The molecule has 0 radical (unpaired) electrons. The predicted molar refractivity (Wildman–Crippen MR) is 110 cm³/mol. The van der Waals surface area contributed by atoms with Crippen LogP contribution in [-0.2, 0) is 5.41 Å². The van der Waals surface area contributed by atoms with Gasteiger partial charge in [0.2, 0.25) is 6.79 Å². The molecule has 3 aromatic rings. The van der Waals surface area contributed by atoms with Gasteiger partial charge in [-0.2, -0.15) is 0 Å². The van der Waals surface area contributed by atoms with Crippen molar-refractivity contribution < 1.29 is 14.3 Å². The van der Waals surface area contributed by atoms with E-state index in [1.165, 1.54) is 19.3 Å². The number of carbonyl (C=O) groups is 1. The van der Waals surface area contributed by atoms with Crippen molar-refractivity contribution in [2.75, 3.05) is 13.3 Å². The number of rotatable bonds is 2. The molecule has 1 spiro atoms. The highest BCUT2D eigenvalue weighted by Gasteiger charge is 2.42. The molecule has 7 nitrogen and oxygen atoms in total. The van der Waals surface area contributed by atoms with Gasteiger partial charge in [0.15, 0.2) is 17.3 Å². The molecule has 0 saturated heterocycles. The molecule has 0 unspecified atom stereocenters. The highest BCUT2D eigenvalue weighted by Crippen LogP contribution is 2.43. The third kappa shape index (κ3) is 2.69. The summed E-state index contributed by atoms with van der Waals surface area (Å²) >= 11 is 0. The summed E-state index contributed by atoms with van der Waals surface area (Å²) < 4.78 is 10.9. The smallest absolute Gasteiger partial charge is 0.253 e. The van der Waals surface area contributed by atoms with E-state index in [2.05, 4.69) is 15.3 Å². The van der Waals surface area contributed by atoms with Crippen molar-refractivity contribution in [3.8, 4) is 34.3 Å². The highest BCUT2D eigenvalue weighted by molar-refractivity contribution is 5.98. The van der Waals surface area contributed by atoms with E-state index in [1.807, 2.05) is 30.3 Å². The van der Waals surface area contributed by atoms with Gasteiger partial charge in [-0.25, -0.2) is 9.97 Å². The zero-order valence-corrected chi connectivity index (χ0v) is 16.5. The second kappa shape index (κ2) is 6.58. The summed E-state index contributed by atoms with van der Waals surface area (Å²) in [5.74, 6) is 2.03. The Morgan fingerprint density at radius 1 is 1.00 bits per heavy atom. The third-order valence-corrected chi connectivity index (χ3v) is 6.55. The minimum absolute atomic E-state index is 0.00579. The summed E-state index contributed by atoms with van der Waals surface area (Å²) in [5.41, 5.74) is 4.33. The molecule has 2 aromatic heterocycles. The minimum atomic E-state index is -0.00579. The van der Waals surface area contributed by atoms with E-state index in [0.29, 0.717) is 18.1 Å². The van der Waals surface area contributed by atoms with Gasteiger partial charge in [-0.05, 0) is 43.2 Å². The number of H-pyrrole nitrogens is 1. The molecule has 2 N–H and O–H groups in total. The lowest BCUT2D eigenvalue weighted by Crippen LogP contribution is -2.47. The summed E-state index contributed by atoms with van der Waals surface area (Å²) in [6, 6.07) is 9.51. The molecule has 1 fully saturated rings. The van der Waals surface area contributed by atoms with Crippen LogP contribution >= 0.6 is 0 Å². The molecule has 1 aromatic carbocycles. The van der Waals surface area contributed by atoms with Crippen LogP contribution in [-0.4, -0.2) is 34.2 Å². The van der Waals surface area contributed by atoms with E-state index in [0.717, 1.165) is 46.8 Å². The number of aromatic nitrogens is 3. The lowest BCUT2D eigenvalue weighted by atomic mass is 9.69. The van der Waals surface area contributed by atoms with E-state index in [9.17, 15) is 4.79 Å². The maximum atomic E-state index is 12.6. The fourth-order valence-corrected chi connectivity index (χ4v) is 4.96. The predicted octanol–water partition coefficient (Wildman–Crippen LogP) is 3.81. The Bertz CT molecular complexity index is 1150. The van der Waals surface area contributed by atoms with Crippen LogP contribution in [0.1, 0.15) is 48.2 Å². The molecular formula is C23H22N4O3. The Labute approximate surface area is 173 Å². The van der Waals surface area contributed by atoms with Gasteiger partial charge in [0.25, 0.3) is 5.91 Å². The van der Waals surface area contributed by atoms with E-state index >= 15 is 0 Å². The average Bonchev–Trinajstić information content (AvgIpc) is 3.45. The highest BCUT2D eigenvalue weighted by atomic mass is 16.7. The first-order valence-corrected chi connectivity index (χ1v) is 10.5. The first-order chi connectivity index (χ1) is 14.7. The van der Waals surface area contributed by atoms with Crippen molar-refractivity contribution in [2.45, 2.75) is 37.5 Å². The molecule has 2 aliphatic heterocycles. The van der Waals surface area contributed by atoms with Crippen LogP contribution in [0.15, 0.2) is 36.5 Å². The summed E-state index contributed by atoms with van der Waals surface area (Å²) in [6.07, 6.45) is 7.62. The average molecular weight is 402 g/mol. The van der Waals surface area contributed by atoms with Gasteiger partial charge in [0.05, 0.1) is 17.0 Å². The molecule has 6 rings (SSSR count). The second-order valence-electron chi connectivity index (χ2n) is 8.33. The van der Waals surface area contributed by atoms with Gasteiger partial charge in [-0.3, -0.25) is 4.79 Å². The van der Waals surface area contributed by atoms with Crippen molar-refractivity contribution in [1.29, 1.82) is 0 Å². The largest absolute Gasteiger partial charge is 0.454 e. The maximum Gasteiger partial charge on any atom is 0.253 e. The molecule has 7 heteroatoms. The van der Waals surface area contributed by atoms with E-state index in [-0.39, 0.29) is 18.1 Å². The van der Waals surface area contributed by atoms with Crippen LogP contribution in [0, 0.1) is 0 Å². The van der Waals surface area contributed by atoms with Gasteiger partial charge in [0.1, 0.15) is 0 Å². The standard InChI is InChI=1S/C23H22N4O3/c28-22-15-11-17(26-20(15)23(12-25-22)7-2-1-3-8-23)16-6-9-24-21(27-16)14-4-5-18-19(10-14)30-13-29-18/h4-6,9-11,26H,1-3,7-8,12-13H2,(H,25,28). The van der Waals surface area contributed by atoms with Gasteiger partial charge in [-0.15, -0.1) is 0 Å². The zero-order valence-electron chi connectivity index (χ0n) is 16.5. The van der Waals surface area contributed by atoms with Crippen molar-refractivity contribution in [2.24, 2.45) is 0 Å². The normalized spacial score (nSPS) is 18.9. The van der Waals surface area contributed by atoms with Crippen LogP contribution in [0.5, 0.6) is 11.5 Å². The summed E-state index contributed by atoms with van der Waals surface area (Å²) in [7, 11) is 0. The second-order valence-corrected chi connectivity index (χ2v) is 8.33. The molecule has 1 amide bonds. The Kier molecular flexibility index (Phi) is 3.84. The Hall–Kier alpha value is -3.35. The van der Waals surface area contributed by atoms with Crippen LogP contribution in [0.3, 0.4) is 0 Å². The fourth-order valence-electron chi connectivity index (χ4n) is 4.96. The number of fused-ring (bicyclic) bond motifs is 3. The molecule has 30 heavy (non-hydrogen) atoms. The summed E-state index contributed by atoms with van der Waals surface area (Å²) in [4.78, 5) is 25.3. The van der Waals surface area contributed by atoms with Crippen LogP contribution in [0.2, 0.25) is 0 Å². The molecule has 4 heterocycles. The van der Waals surface area contributed by atoms with E-state index < -0.39 is 0 Å². The third-order valence-electron chi connectivity index (χ3n) is 6.55. The molecule has 1 aliphatic carbocycles. The Morgan fingerprint density at radius 2 is 1.87 bits per heavy atom. The van der Waals surface area contributed by atoms with Crippen LogP contribution in [0.25, 0.3) is 22.8 Å². The monoisotopic (exact) mass is 402 g/mol. The van der Waals surface area contributed by atoms with Crippen molar-refractivity contribution >= 4 is 5.91 Å². The molecule has 0 atom stereocenters. The van der Waals surface area contributed by atoms with Crippen molar-refractivity contribution in [3.05, 3.63) is 47.8 Å². The van der Waals surface area contributed by atoms with Gasteiger partial charge >= 0.3 is 0 Å². The number of nitrogens with zero attached hydrogens (tertiary/aromatic N) is 2. The number of aromatic amines is 1. The number of ether oxygens (including phenoxy) is 2. The number of nitrogens with one attached hydrogen (secondary N) is 2. The number of amides is 1. The Morgan fingerprint density at radius 3 is 2.77 bits per heavy atom. The summed E-state index contributed by atoms with van der Waals surface area (Å²) in [6.45, 7) is 0.947. The number of benzene rings is 1. The molecule has 3 aliphatic rings. The van der Waals surface area contributed by atoms with Crippen molar-refractivity contribution in [3.63, 3.8) is 0 Å². The molecule has 0 bridgehead atoms. The van der Waals surface area contributed by atoms with Gasteiger partial charge < -0.3 is 19.8 Å². The van der Waals surface area contributed by atoms with Crippen molar-refractivity contribution in [1.82, 2.24) is 20.3 Å². The first kappa shape index (κ1) is 17.5. The van der Waals surface area contributed by atoms with Gasteiger partial charge in [0, 0.05) is 29.4 Å². The first-order valence-electron chi connectivity index (χ1n) is 10.5. The topological polar surface area (TPSA) is 89.1 Å². The summed E-state index contributed by atoms with van der Waals surface area (Å²) in [5, 5.41) is 3.11. The molecule has 152 valence electrons. The fraction of sp³-hybridized carbons (Fsp3) is 0.348.